The minimum atomic E-state index is -3.63. The number of nitrogens with zero attached hydrogens (tertiary/aromatic N) is 2. The van der Waals surface area contributed by atoms with Crippen molar-refractivity contribution in [1.82, 2.24) is 10.3 Å². The van der Waals surface area contributed by atoms with Gasteiger partial charge in [-0.1, -0.05) is 37.3 Å². The molecule has 1 unspecified atom stereocenters. The van der Waals surface area contributed by atoms with Crippen molar-refractivity contribution < 1.29 is 17.9 Å². The molecule has 36 heavy (non-hydrogen) atoms. The predicted molar refractivity (Wildman–Crippen MR) is 144 cm³/mol. The van der Waals surface area contributed by atoms with Crippen LogP contribution in [0.1, 0.15) is 43.1 Å². The number of sulfonamides is 1. The van der Waals surface area contributed by atoms with Crippen LogP contribution >= 0.6 is 0 Å². The second kappa shape index (κ2) is 12.0. The third kappa shape index (κ3) is 7.18. The van der Waals surface area contributed by atoms with Crippen molar-refractivity contribution in [3.63, 3.8) is 0 Å². The first-order chi connectivity index (χ1) is 17.0. The fourth-order valence-electron chi connectivity index (χ4n) is 4.00. The van der Waals surface area contributed by atoms with Gasteiger partial charge in [-0.15, -0.1) is 0 Å². The Morgan fingerprint density at radius 1 is 1.25 bits per heavy atom. The fraction of sp³-hybridized carbons (Fsp3) is 0.538. The summed E-state index contributed by atoms with van der Waals surface area (Å²) in [6.07, 6.45) is 1.67. The fourth-order valence-corrected chi connectivity index (χ4v) is 4.99. The van der Waals surface area contributed by atoms with E-state index < -0.39 is 27.4 Å². The zero-order valence-electron chi connectivity index (χ0n) is 21.8. The number of carbonyl (C=O) groups is 1. The number of anilines is 2. The predicted octanol–water partition coefficient (Wildman–Crippen LogP) is 2.64. The largest absolute Gasteiger partial charge is 0.383 e. The molecular formula is C26H39N5O4S. The quantitative estimate of drug-likeness (QED) is 0.373. The van der Waals surface area contributed by atoms with Gasteiger partial charge in [-0.2, -0.15) is 0 Å². The average Bonchev–Trinajstić information content (AvgIpc) is 3.57. The lowest BCUT2D eigenvalue weighted by molar-refractivity contribution is 0.0913. The molecule has 0 saturated heterocycles. The number of methoxy groups -OCH3 is 1. The van der Waals surface area contributed by atoms with Crippen LogP contribution in [0.25, 0.3) is 0 Å². The van der Waals surface area contributed by atoms with Crippen molar-refractivity contribution in [2.75, 3.05) is 36.9 Å². The van der Waals surface area contributed by atoms with Crippen LogP contribution in [0.5, 0.6) is 0 Å². The summed E-state index contributed by atoms with van der Waals surface area (Å²) in [4.78, 5) is 17.9. The van der Waals surface area contributed by atoms with Gasteiger partial charge in [0.15, 0.2) is 0 Å². The highest BCUT2D eigenvalue weighted by molar-refractivity contribution is 7.93. The van der Waals surface area contributed by atoms with Gasteiger partial charge in [-0.05, 0) is 56.2 Å². The first kappa shape index (κ1) is 27.9. The monoisotopic (exact) mass is 517 g/mol. The second-order valence-corrected chi connectivity index (χ2v) is 12.4. The van der Waals surface area contributed by atoms with E-state index in [4.69, 9.17) is 10.5 Å². The summed E-state index contributed by atoms with van der Waals surface area (Å²) in [5, 5.41) is 5.69. The lowest BCUT2D eigenvalue weighted by atomic mass is 9.99. The van der Waals surface area contributed by atoms with Gasteiger partial charge in [0.05, 0.1) is 17.9 Å². The first-order valence-electron chi connectivity index (χ1n) is 12.4. The van der Waals surface area contributed by atoms with Crippen LogP contribution in [0.2, 0.25) is 0 Å². The van der Waals surface area contributed by atoms with Crippen molar-refractivity contribution in [3.05, 3.63) is 53.6 Å². The molecule has 1 amide bonds. The SMILES string of the molecule is COC[C@H](N)[C@H](Cc1ccccc1)NC(=O)c1cc(NCC2C[C@@H]2C)nc(N(C)S(=O)(=O)C(C)C)c1. The van der Waals surface area contributed by atoms with E-state index in [0.29, 0.717) is 36.2 Å². The summed E-state index contributed by atoms with van der Waals surface area (Å²) in [6, 6.07) is 12.1. The number of carbonyl (C=O) groups excluding carboxylic acids is 1. The molecule has 1 heterocycles. The van der Waals surface area contributed by atoms with Crippen LogP contribution < -0.4 is 20.7 Å². The lowest BCUT2D eigenvalue weighted by Gasteiger charge is -2.26. The third-order valence-electron chi connectivity index (χ3n) is 6.69. The molecule has 2 aromatic rings. The summed E-state index contributed by atoms with van der Waals surface area (Å²) < 4.78 is 32.0. The Morgan fingerprint density at radius 3 is 2.50 bits per heavy atom. The average molecular weight is 518 g/mol. The number of nitrogens with two attached hydrogens (primary N) is 1. The molecule has 198 valence electrons. The zero-order valence-corrected chi connectivity index (χ0v) is 22.6. The highest BCUT2D eigenvalue weighted by Gasteiger charge is 2.32. The molecule has 1 aromatic heterocycles. The van der Waals surface area contributed by atoms with Crippen LogP contribution in [0.4, 0.5) is 11.6 Å². The van der Waals surface area contributed by atoms with E-state index in [9.17, 15) is 13.2 Å². The van der Waals surface area contributed by atoms with E-state index in [-0.39, 0.29) is 18.3 Å². The highest BCUT2D eigenvalue weighted by Crippen LogP contribution is 2.37. The van der Waals surface area contributed by atoms with Gasteiger partial charge >= 0.3 is 0 Å². The molecule has 1 aliphatic rings. The van der Waals surface area contributed by atoms with Gasteiger partial charge in [0.25, 0.3) is 5.91 Å². The van der Waals surface area contributed by atoms with Crippen LogP contribution in [0.3, 0.4) is 0 Å². The standard InChI is InChI=1S/C26H39N5O4S/c1-17(2)36(33,34)31(4)25-14-20(13-24(30-25)28-15-21-11-18(21)3)26(32)29-23(22(27)16-35-5)12-19-9-7-6-8-10-19/h6-10,13-14,17-18,21-23H,11-12,15-16,27H2,1-5H3,(H,28,30)(H,29,32)/t18-,21?,22-,23-/m0/s1. The molecule has 0 bridgehead atoms. The molecule has 1 aromatic carbocycles. The molecule has 10 heteroatoms. The number of nitrogens with one attached hydrogen (secondary N) is 2. The molecule has 0 aliphatic heterocycles. The van der Waals surface area contributed by atoms with E-state index in [1.807, 2.05) is 30.3 Å². The Labute approximate surface area is 214 Å². The Bertz CT molecular complexity index is 1130. The van der Waals surface area contributed by atoms with E-state index in [1.165, 1.54) is 13.1 Å². The highest BCUT2D eigenvalue weighted by atomic mass is 32.2. The van der Waals surface area contributed by atoms with Crippen molar-refractivity contribution in [2.24, 2.45) is 17.6 Å². The van der Waals surface area contributed by atoms with Gasteiger partial charge in [-0.25, -0.2) is 13.4 Å². The Kier molecular flexibility index (Phi) is 9.32. The molecule has 4 N–H and O–H groups in total. The maximum Gasteiger partial charge on any atom is 0.251 e. The van der Waals surface area contributed by atoms with Crippen molar-refractivity contribution in [1.29, 1.82) is 0 Å². The Hall–Kier alpha value is -2.69. The van der Waals surface area contributed by atoms with E-state index >= 15 is 0 Å². The number of amides is 1. The molecule has 0 spiro atoms. The van der Waals surface area contributed by atoms with E-state index in [1.54, 1.807) is 27.0 Å². The molecule has 1 fully saturated rings. The minimum absolute atomic E-state index is 0.184. The number of hydrogen-bond acceptors (Lipinski definition) is 7. The Morgan fingerprint density at radius 2 is 1.92 bits per heavy atom. The summed E-state index contributed by atoms with van der Waals surface area (Å²) in [5.41, 5.74) is 7.69. The van der Waals surface area contributed by atoms with Gasteiger partial charge < -0.3 is 21.1 Å². The van der Waals surface area contributed by atoms with Gasteiger partial charge in [0.1, 0.15) is 11.6 Å². The van der Waals surface area contributed by atoms with Gasteiger partial charge in [-0.3, -0.25) is 9.10 Å². The number of hydrogen-bond donors (Lipinski definition) is 3. The maximum atomic E-state index is 13.4. The number of aromatic nitrogens is 1. The van der Waals surface area contributed by atoms with Crippen molar-refractivity contribution in [2.45, 2.75) is 50.9 Å². The molecule has 3 rings (SSSR count). The van der Waals surface area contributed by atoms with E-state index in [0.717, 1.165) is 16.3 Å². The van der Waals surface area contributed by atoms with Crippen molar-refractivity contribution >= 4 is 27.6 Å². The smallest absolute Gasteiger partial charge is 0.251 e. The van der Waals surface area contributed by atoms with Crippen LogP contribution in [-0.2, 0) is 21.2 Å². The normalized spacial score (nSPS) is 19.0. The maximum absolute atomic E-state index is 13.4. The molecule has 1 aliphatic carbocycles. The number of benzene rings is 1. The summed E-state index contributed by atoms with van der Waals surface area (Å²) in [7, 11) is -0.600. The third-order valence-corrected chi connectivity index (χ3v) is 8.83. The second-order valence-electron chi connectivity index (χ2n) is 9.90. The van der Waals surface area contributed by atoms with Crippen LogP contribution in [0.15, 0.2) is 42.5 Å². The van der Waals surface area contributed by atoms with E-state index in [2.05, 4.69) is 22.5 Å². The topological polar surface area (TPSA) is 127 Å². The molecule has 9 nitrogen and oxygen atoms in total. The first-order valence-corrected chi connectivity index (χ1v) is 13.9. The molecule has 4 atom stereocenters. The van der Waals surface area contributed by atoms with Gasteiger partial charge in [0, 0.05) is 32.3 Å². The summed E-state index contributed by atoms with van der Waals surface area (Å²) in [6.45, 7) is 6.41. The summed E-state index contributed by atoms with van der Waals surface area (Å²) in [5.74, 6) is 1.48. The zero-order chi connectivity index (χ0) is 26.5. The molecular weight excluding hydrogens is 478 g/mol. The number of ether oxygens (including phenoxy) is 1. The lowest BCUT2D eigenvalue weighted by Crippen LogP contribution is -2.51. The minimum Gasteiger partial charge on any atom is -0.383 e. The summed E-state index contributed by atoms with van der Waals surface area (Å²) >= 11 is 0. The van der Waals surface area contributed by atoms with Crippen molar-refractivity contribution in [3.8, 4) is 0 Å². The van der Waals surface area contributed by atoms with Crippen LogP contribution in [-0.4, -0.2) is 64.0 Å². The molecule has 0 radical (unpaired) electrons. The number of pyridine rings is 1. The van der Waals surface area contributed by atoms with Crippen LogP contribution in [0, 0.1) is 11.8 Å². The number of rotatable bonds is 13. The van der Waals surface area contributed by atoms with Gasteiger partial charge in [0.2, 0.25) is 10.0 Å². The molecule has 1 saturated carbocycles. The Balaban J connectivity index is 1.89.